The zero-order valence-electron chi connectivity index (χ0n) is 19.3. The number of unbranched alkanes of at least 4 members (excludes halogenated alkanes) is 8. The number of hydrogen-bond acceptors (Lipinski definition) is 3. The Hall–Kier alpha value is -2.42. The summed E-state index contributed by atoms with van der Waals surface area (Å²) in [6, 6.07) is 15.6. The Kier molecular flexibility index (Phi) is 11.7. The van der Waals surface area contributed by atoms with E-state index in [1.165, 1.54) is 51.4 Å². The Morgan fingerprint density at radius 1 is 0.677 bits per heavy atom. The maximum Gasteiger partial charge on any atom is 0.170 e. The van der Waals surface area contributed by atoms with Crippen molar-refractivity contribution in [2.24, 2.45) is 0 Å². The molecule has 0 bridgehead atoms. The fourth-order valence-electron chi connectivity index (χ4n) is 3.60. The maximum absolute atomic E-state index is 12.1. The first-order chi connectivity index (χ1) is 15.1. The van der Waals surface area contributed by atoms with Gasteiger partial charge in [0.2, 0.25) is 0 Å². The Morgan fingerprint density at radius 3 is 1.74 bits per heavy atom. The van der Waals surface area contributed by atoms with Gasteiger partial charge in [-0.3, -0.25) is 9.59 Å². The van der Waals surface area contributed by atoms with Crippen LogP contribution in [0.2, 0.25) is 0 Å². The van der Waals surface area contributed by atoms with Gasteiger partial charge in [0.15, 0.2) is 5.78 Å². The fourth-order valence-corrected chi connectivity index (χ4v) is 3.60. The zero-order chi connectivity index (χ0) is 22.3. The number of rotatable bonds is 16. The molecule has 0 aliphatic rings. The summed E-state index contributed by atoms with van der Waals surface area (Å²) in [7, 11) is 0. The SMILES string of the molecule is CCCCCCCCCCCOc1ccc(-c2ccc(C(=O)CC(=O)CC)cc2)cc1. The Morgan fingerprint density at radius 2 is 1.19 bits per heavy atom. The Balaban J connectivity index is 1.69. The van der Waals surface area contributed by atoms with Gasteiger partial charge >= 0.3 is 0 Å². The molecule has 0 aliphatic heterocycles. The lowest BCUT2D eigenvalue weighted by Gasteiger charge is -2.08. The second-order valence-electron chi connectivity index (χ2n) is 8.27. The minimum absolute atomic E-state index is 0.0131. The Bertz CT molecular complexity index is 775. The number of carbonyl (C=O) groups is 2. The van der Waals surface area contributed by atoms with E-state index in [4.69, 9.17) is 4.74 Å². The van der Waals surface area contributed by atoms with Gasteiger partial charge in [0.1, 0.15) is 11.5 Å². The highest BCUT2D eigenvalue weighted by Crippen LogP contribution is 2.23. The molecule has 0 radical (unpaired) electrons. The van der Waals surface area contributed by atoms with Crippen molar-refractivity contribution < 1.29 is 14.3 Å². The second kappa shape index (κ2) is 14.6. The van der Waals surface area contributed by atoms with Crippen LogP contribution in [-0.4, -0.2) is 18.2 Å². The quantitative estimate of drug-likeness (QED) is 0.157. The maximum atomic E-state index is 12.1. The van der Waals surface area contributed by atoms with Crippen molar-refractivity contribution in [1.29, 1.82) is 0 Å². The number of ketones is 2. The summed E-state index contributed by atoms with van der Waals surface area (Å²) in [5, 5.41) is 0. The third-order valence-corrected chi connectivity index (χ3v) is 5.66. The summed E-state index contributed by atoms with van der Waals surface area (Å²) < 4.78 is 5.88. The van der Waals surface area contributed by atoms with Gasteiger partial charge in [-0.25, -0.2) is 0 Å². The first-order valence-electron chi connectivity index (χ1n) is 12.0. The van der Waals surface area contributed by atoms with E-state index in [2.05, 4.69) is 6.92 Å². The van der Waals surface area contributed by atoms with Crippen LogP contribution in [0.4, 0.5) is 0 Å². The molecule has 0 N–H and O–H groups in total. The molecule has 0 aliphatic carbocycles. The van der Waals surface area contributed by atoms with Crippen LogP contribution in [0.3, 0.4) is 0 Å². The molecule has 0 spiro atoms. The highest BCUT2D eigenvalue weighted by molar-refractivity contribution is 6.08. The average Bonchev–Trinajstić information content (AvgIpc) is 2.80. The van der Waals surface area contributed by atoms with Crippen LogP contribution in [0.25, 0.3) is 11.1 Å². The van der Waals surface area contributed by atoms with Crippen molar-refractivity contribution in [1.82, 2.24) is 0 Å². The van der Waals surface area contributed by atoms with Crippen molar-refractivity contribution in [3.63, 3.8) is 0 Å². The van der Waals surface area contributed by atoms with Crippen LogP contribution in [0.1, 0.15) is 94.8 Å². The van der Waals surface area contributed by atoms with Crippen LogP contribution in [-0.2, 0) is 4.79 Å². The molecule has 0 amide bonds. The molecular formula is C28H38O3. The van der Waals surface area contributed by atoms with Crippen molar-refractivity contribution >= 4 is 11.6 Å². The summed E-state index contributed by atoms with van der Waals surface area (Å²) in [5.41, 5.74) is 2.72. The monoisotopic (exact) mass is 422 g/mol. The van der Waals surface area contributed by atoms with Gasteiger partial charge in [-0.2, -0.15) is 0 Å². The van der Waals surface area contributed by atoms with E-state index in [0.29, 0.717) is 12.0 Å². The molecular weight excluding hydrogens is 384 g/mol. The number of Topliss-reactive ketones (excluding diaryl/α,β-unsaturated/α-hetero) is 2. The summed E-state index contributed by atoms with van der Waals surface area (Å²) in [5.74, 6) is 0.763. The first-order valence-corrected chi connectivity index (χ1v) is 12.0. The third-order valence-electron chi connectivity index (χ3n) is 5.66. The minimum atomic E-state index is -0.112. The molecule has 0 aromatic heterocycles. The van der Waals surface area contributed by atoms with Crippen molar-refractivity contribution in [2.75, 3.05) is 6.61 Å². The molecule has 3 heteroatoms. The van der Waals surface area contributed by atoms with Gasteiger partial charge in [0, 0.05) is 12.0 Å². The largest absolute Gasteiger partial charge is 0.494 e. The van der Waals surface area contributed by atoms with E-state index >= 15 is 0 Å². The molecule has 0 atom stereocenters. The molecule has 2 aromatic rings. The molecule has 0 heterocycles. The third kappa shape index (κ3) is 9.50. The van der Waals surface area contributed by atoms with E-state index in [-0.39, 0.29) is 18.0 Å². The Labute approximate surface area is 188 Å². The summed E-state index contributed by atoms with van der Waals surface area (Å²) in [6.45, 7) is 4.80. The van der Waals surface area contributed by atoms with Gasteiger partial charge in [0.05, 0.1) is 13.0 Å². The van der Waals surface area contributed by atoms with Crippen molar-refractivity contribution in [2.45, 2.75) is 84.5 Å². The first kappa shape index (κ1) is 24.8. The van der Waals surface area contributed by atoms with Crippen LogP contribution >= 0.6 is 0 Å². The van der Waals surface area contributed by atoms with Gasteiger partial charge in [-0.05, 0) is 29.7 Å². The van der Waals surface area contributed by atoms with Gasteiger partial charge in [-0.1, -0.05) is 102 Å². The molecule has 31 heavy (non-hydrogen) atoms. The number of benzene rings is 2. The minimum Gasteiger partial charge on any atom is -0.494 e. The predicted octanol–water partition coefficient (Wildman–Crippen LogP) is 7.82. The summed E-state index contributed by atoms with van der Waals surface area (Å²) in [4.78, 5) is 23.6. The highest BCUT2D eigenvalue weighted by atomic mass is 16.5. The van der Waals surface area contributed by atoms with Gasteiger partial charge < -0.3 is 4.74 Å². The van der Waals surface area contributed by atoms with Crippen molar-refractivity contribution in [3.8, 4) is 16.9 Å². The van der Waals surface area contributed by atoms with E-state index in [0.717, 1.165) is 29.9 Å². The topological polar surface area (TPSA) is 43.4 Å². The lowest BCUT2D eigenvalue weighted by atomic mass is 10.0. The van der Waals surface area contributed by atoms with Gasteiger partial charge in [-0.15, -0.1) is 0 Å². The number of ether oxygens (including phenoxy) is 1. The predicted molar refractivity (Wildman–Crippen MR) is 129 cm³/mol. The number of hydrogen-bond donors (Lipinski definition) is 0. The van der Waals surface area contributed by atoms with E-state index in [1.807, 2.05) is 36.4 Å². The average molecular weight is 423 g/mol. The molecule has 2 rings (SSSR count). The van der Waals surface area contributed by atoms with Crippen LogP contribution < -0.4 is 4.74 Å². The molecule has 3 nitrogen and oxygen atoms in total. The number of carbonyl (C=O) groups excluding carboxylic acids is 2. The van der Waals surface area contributed by atoms with Crippen LogP contribution in [0.5, 0.6) is 5.75 Å². The van der Waals surface area contributed by atoms with E-state index in [9.17, 15) is 9.59 Å². The normalized spacial score (nSPS) is 10.8. The van der Waals surface area contributed by atoms with Crippen LogP contribution in [0, 0.1) is 0 Å². The molecule has 168 valence electrons. The van der Waals surface area contributed by atoms with Gasteiger partial charge in [0.25, 0.3) is 0 Å². The van der Waals surface area contributed by atoms with Crippen molar-refractivity contribution in [3.05, 3.63) is 54.1 Å². The summed E-state index contributed by atoms with van der Waals surface area (Å²) >= 11 is 0. The zero-order valence-corrected chi connectivity index (χ0v) is 19.3. The smallest absolute Gasteiger partial charge is 0.170 e. The van der Waals surface area contributed by atoms with E-state index < -0.39 is 0 Å². The molecule has 2 aromatic carbocycles. The molecule has 0 unspecified atom stereocenters. The second-order valence-corrected chi connectivity index (χ2v) is 8.27. The highest BCUT2D eigenvalue weighted by Gasteiger charge is 2.10. The summed E-state index contributed by atoms with van der Waals surface area (Å²) in [6.07, 6.45) is 12.2. The van der Waals surface area contributed by atoms with Crippen LogP contribution in [0.15, 0.2) is 48.5 Å². The molecule has 0 fully saturated rings. The fraction of sp³-hybridized carbons (Fsp3) is 0.500. The lowest BCUT2D eigenvalue weighted by Crippen LogP contribution is -2.06. The van der Waals surface area contributed by atoms with E-state index in [1.54, 1.807) is 19.1 Å². The lowest BCUT2D eigenvalue weighted by molar-refractivity contribution is -0.117. The molecule has 0 saturated carbocycles. The molecule has 0 saturated heterocycles. The standard InChI is InChI=1S/C28H38O3/c1-3-5-6-7-8-9-10-11-12-21-31-27-19-17-24(18-20-27)23-13-15-25(16-14-23)28(30)22-26(29)4-2/h13-20H,3-12,21-22H2,1-2H3.